The van der Waals surface area contributed by atoms with Gasteiger partial charge in [-0.05, 0) is 45.2 Å². The molecule has 0 aromatic carbocycles. The molecule has 1 aliphatic carbocycles. The van der Waals surface area contributed by atoms with Crippen molar-refractivity contribution in [2.24, 2.45) is 5.92 Å². The molecule has 6 nitrogen and oxygen atoms in total. The molecule has 0 radical (unpaired) electrons. The second-order valence-electron chi connectivity index (χ2n) is 5.34. The van der Waals surface area contributed by atoms with E-state index in [2.05, 4.69) is 14.9 Å². The first-order valence-electron chi connectivity index (χ1n) is 7.18. The van der Waals surface area contributed by atoms with Gasteiger partial charge in [0.2, 0.25) is 5.28 Å². The third-order valence-electron chi connectivity index (χ3n) is 3.77. The van der Waals surface area contributed by atoms with Crippen molar-refractivity contribution in [2.45, 2.75) is 45.7 Å². The first-order valence-corrected chi connectivity index (χ1v) is 7.56. The van der Waals surface area contributed by atoms with Gasteiger partial charge < -0.3 is 15.4 Å². The maximum absolute atomic E-state index is 12.0. The van der Waals surface area contributed by atoms with E-state index >= 15 is 0 Å². The smallest absolute Gasteiger partial charge is 0.310 e. The monoisotopic (exact) mass is 312 g/mol. The van der Waals surface area contributed by atoms with E-state index in [1.54, 1.807) is 6.92 Å². The summed E-state index contributed by atoms with van der Waals surface area (Å²) >= 11 is 5.89. The highest BCUT2D eigenvalue weighted by molar-refractivity contribution is 6.28. The Morgan fingerprint density at radius 2 is 2.24 bits per heavy atom. The Labute approximate surface area is 129 Å². The molecule has 116 valence electrons. The third-order valence-corrected chi connectivity index (χ3v) is 3.95. The standard InChI is InChI=1S/C14H21ClN4O2/c1-4-21-13(20)8(2)9(3)19(10-5-6-10)12-11(16)7-17-14(15)18-12/h7-10H,4-6,16H2,1-3H3. The van der Waals surface area contributed by atoms with Crippen molar-refractivity contribution in [3.05, 3.63) is 11.5 Å². The largest absolute Gasteiger partial charge is 0.466 e. The first kappa shape index (κ1) is 15.8. The summed E-state index contributed by atoms with van der Waals surface area (Å²) in [5.41, 5.74) is 6.45. The topological polar surface area (TPSA) is 81.3 Å². The van der Waals surface area contributed by atoms with Crippen LogP contribution in [0.3, 0.4) is 0 Å². The van der Waals surface area contributed by atoms with E-state index in [1.165, 1.54) is 6.20 Å². The summed E-state index contributed by atoms with van der Waals surface area (Å²) in [6.07, 6.45) is 3.61. The van der Waals surface area contributed by atoms with Crippen LogP contribution in [0.1, 0.15) is 33.6 Å². The number of nitrogen functional groups attached to an aromatic ring is 1. The van der Waals surface area contributed by atoms with Crippen LogP contribution in [0, 0.1) is 5.92 Å². The van der Waals surface area contributed by atoms with Crippen LogP contribution < -0.4 is 10.6 Å². The normalized spacial score (nSPS) is 17.1. The fourth-order valence-electron chi connectivity index (χ4n) is 2.33. The Morgan fingerprint density at radius 3 is 2.81 bits per heavy atom. The average Bonchev–Trinajstić information content (AvgIpc) is 3.27. The molecule has 0 spiro atoms. The van der Waals surface area contributed by atoms with Gasteiger partial charge in [-0.1, -0.05) is 0 Å². The number of ether oxygens (including phenoxy) is 1. The average molecular weight is 313 g/mol. The summed E-state index contributed by atoms with van der Waals surface area (Å²) in [6, 6.07) is 0.259. The molecular weight excluding hydrogens is 292 g/mol. The fraction of sp³-hybridized carbons (Fsp3) is 0.643. The van der Waals surface area contributed by atoms with Crippen molar-refractivity contribution < 1.29 is 9.53 Å². The maximum atomic E-state index is 12.0. The van der Waals surface area contributed by atoms with Gasteiger partial charge in [-0.3, -0.25) is 4.79 Å². The molecule has 2 atom stereocenters. The Bertz CT molecular complexity index is 522. The Kier molecular flexibility index (Phi) is 4.88. The highest BCUT2D eigenvalue weighted by Gasteiger charge is 2.38. The number of nitrogens with zero attached hydrogens (tertiary/aromatic N) is 3. The minimum absolute atomic E-state index is 0.0789. The molecule has 2 rings (SSSR count). The second kappa shape index (κ2) is 6.47. The van der Waals surface area contributed by atoms with Gasteiger partial charge in [0.15, 0.2) is 5.82 Å². The van der Waals surface area contributed by atoms with E-state index in [9.17, 15) is 4.79 Å². The summed E-state index contributed by atoms with van der Waals surface area (Å²) in [7, 11) is 0. The van der Waals surface area contributed by atoms with E-state index in [1.807, 2.05) is 13.8 Å². The number of carbonyl (C=O) groups excluding carboxylic acids is 1. The summed E-state index contributed by atoms with van der Waals surface area (Å²) in [6.45, 7) is 6.02. The zero-order valence-corrected chi connectivity index (χ0v) is 13.3. The number of anilines is 2. The molecule has 0 amide bonds. The molecule has 1 aromatic rings. The number of hydrogen-bond donors (Lipinski definition) is 1. The molecule has 1 saturated carbocycles. The van der Waals surface area contributed by atoms with Crippen LogP contribution in [0.25, 0.3) is 0 Å². The van der Waals surface area contributed by atoms with Crippen LogP contribution in [-0.2, 0) is 9.53 Å². The minimum atomic E-state index is -0.279. The summed E-state index contributed by atoms with van der Waals surface area (Å²) in [5.74, 6) is 0.106. The molecule has 1 aromatic heterocycles. The molecule has 2 unspecified atom stereocenters. The fourth-order valence-corrected chi connectivity index (χ4v) is 2.46. The van der Waals surface area contributed by atoms with E-state index in [-0.39, 0.29) is 23.2 Å². The number of halogens is 1. The van der Waals surface area contributed by atoms with Crippen LogP contribution in [0.4, 0.5) is 11.5 Å². The number of rotatable bonds is 6. The molecule has 0 saturated heterocycles. The quantitative estimate of drug-likeness (QED) is 0.641. The van der Waals surface area contributed by atoms with Gasteiger partial charge in [0.05, 0.1) is 24.4 Å². The number of nitrogens with two attached hydrogens (primary N) is 1. The van der Waals surface area contributed by atoms with Crippen molar-refractivity contribution in [1.29, 1.82) is 0 Å². The van der Waals surface area contributed by atoms with Gasteiger partial charge in [0.1, 0.15) is 0 Å². The lowest BCUT2D eigenvalue weighted by Gasteiger charge is -2.34. The van der Waals surface area contributed by atoms with Crippen molar-refractivity contribution in [1.82, 2.24) is 9.97 Å². The Hall–Kier alpha value is -1.56. The van der Waals surface area contributed by atoms with E-state index < -0.39 is 0 Å². The van der Waals surface area contributed by atoms with Crippen molar-refractivity contribution >= 4 is 29.1 Å². The van der Waals surface area contributed by atoms with Crippen LogP contribution in [-0.4, -0.2) is 34.6 Å². The van der Waals surface area contributed by atoms with Crippen LogP contribution >= 0.6 is 11.6 Å². The molecule has 21 heavy (non-hydrogen) atoms. The molecule has 0 bridgehead atoms. The molecule has 1 aliphatic rings. The lowest BCUT2D eigenvalue weighted by atomic mass is 10.0. The van der Waals surface area contributed by atoms with Gasteiger partial charge in [-0.2, -0.15) is 4.98 Å². The lowest BCUT2D eigenvalue weighted by molar-refractivity contribution is -0.147. The predicted molar refractivity (Wildman–Crippen MR) is 82.2 cm³/mol. The predicted octanol–water partition coefficient (Wildman–Crippen LogP) is 2.27. The number of carbonyl (C=O) groups is 1. The summed E-state index contributed by atoms with van der Waals surface area (Å²) in [5, 5.41) is 0.154. The third kappa shape index (κ3) is 3.56. The highest BCUT2D eigenvalue weighted by Crippen LogP contribution is 2.37. The number of esters is 1. The molecule has 2 N–H and O–H groups in total. The molecule has 1 fully saturated rings. The van der Waals surface area contributed by atoms with Crippen LogP contribution in [0.5, 0.6) is 0 Å². The van der Waals surface area contributed by atoms with Crippen molar-refractivity contribution in [2.75, 3.05) is 17.2 Å². The second-order valence-corrected chi connectivity index (χ2v) is 5.68. The van der Waals surface area contributed by atoms with Gasteiger partial charge in [-0.15, -0.1) is 0 Å². The molecular formula is C14H21ClN4O2. The van der Waals surface area contributed by atoms with Gasteiger partial charge >= 0.3 is 5.97 Å². The van der Waals surface area contributed by atoms with Crippen molar-refractivity contribution in [3.63, 3.8) is 0 Å². The zero-order valence-electron chi connectivity index (χ0n) is 12.5. The van der Waals surface area contributed by atoms with Crippen molar-refractivity contribution in [3.8, 4) is 0 Å². The van der Waals surface area contributed by atoms with Crippen LogP contribution in [0.2, 0.25) is 5.28 Å². The van der Waals surface area contributed by atoms with E-state index in [0.717, 1.165) is 12.8 Å². The minimum Gasteiger partial charge on any atom is -0.466 e. The zero-order chi connectivity index (χ0) is 15.6. The Balaban J connectivity index is 2.26. The SMILES string of the molecule is CCOC(=O)C(C)C(C)N(c1nc(Cl)ncc1N)C1CC1. The van der Waals surface area contributed by atoms with E-state index in [0.29, 0.717) is 24.2 Å². The van der Waals surface area contributed by atoms with Gasteiger partial charge in [0, 0.05) is 12.1 Å². The highest BCUT2D eigenvalue weighted by atomic mass is 35.5. The van der Waals surface area contributed by atoms with Gasteiger partial charge in [-0.25, -0.2) is 4.98 Å². The van der Waals surface area contributed by atoms with Crippen LogP contribution in [0.15, 0.2) is 6.20 Å². The molecule has 0 aliphatic heterocycles. The lowest BCUT2D eigenvalue weighted by Crippen LogP contribution is -2.43. The van der Waals surface area contributed by atoms with E-state index in [4.69, 9.17) is 22.1 Å². The summed E-state index contributed by atoms with van der Waals surface area (Å²) < 4.78 is 5.11. The number of hydrogen-bond acceptors (Lipinski definition) is 6. The first-order chi connectivity index (χ1) is 9.95. The summed E-state index contributed by atoms with van der Waals surface area (Å²) in [4.78, 5) is 22.2. The maximum Gasteiger partial charge on any atom is 0.310 e. The molecule has 1 heterocycles. The Morgan fingerprint density at radius 1 is 1.57 bits per heavy atom. The van der Waals surface area contributed by atoms with Gasteiger partial charge in [0.25, 0.3) is 0 Å². The molecule has 7 heteroatoms. The number of aromatic nitrogens is 2.